The summed E-state index contributed by atoms with van der Waals surface area (Å²) in [6.07, 6.45) is 0. The van der Waals surface area contributed by atoms with Crippen LogP contribution in [0.2, 0.25) is 0 Å². The second kappa shape index (κ2) is 6.66. The van der Waals surface area contributed by atoms with Crippen LogP contribution in [0.25, 0.3) is 0 Å². The summed E-state index contributed by atoms with van der Waals surface area (Å²) in [4.78, 5) is 22.4. The number of nitrogens with zero attached hydrogens (tertiary/aromatic N) is 1. The first-order valence-corrected chi connectivity index (χ1v) is 4.57. The van der Waals surface area contributed by atoms with E-state index in [1.165, 1.54) is 7.11 Å². The van der Waals surface area contributed by atoms with Crippen molar-refractivity contribution in [2.24, 2.45) is 0 Å². The molecule has 1 aromatic heterocycles. The van der Waals surface area contributed by atoms with Gasteiger partial charge in [-0.3, -0.25) is 4.79 Å². The van der Waals surface area contributed by atoms with Crippen LogP contribution in [0.15, 0.2) is 10.9 Å². The van der Waals surface area contributed by atoms with Crippen molar-refractivity contribution in [1.29, 1.82) is 0 Å². The average molecular weight is 314 g/mol. The first-order valence-electron chi connectivity index (χ1n) is 4.57. The van der Waals surface area contributed by atoms with Crippen LogP contribution >= 0.6 is 0 Å². The van der Waals surface area contributed by atoms with Gasteiger partial charge in [-0.25, -0.2) is 0 Å². The second-order valence-electron chi connectivity index (χ2n) is 3.12. The van der Waals surface area contributed by atoms with Gasteiger partial charge in [0.15, 0.2) is 5.56 Å². The van der Waals surface area contributed by atoms with Gasteiger partial charge in [-0.05, 0) is 6.54 Å². The summed E-state index contributed by atoms with van der Waals surface area (Å²) >= 11 is 0. The van der Waals surface area contributed by atoms with Crippen molar-refractivity contribution >= 4 is 11.7 Å². The first-order chi connectivity index (χ1) is 7.51. The summed E-state index contributed by atoms with van der Waals surface area (Å²) < 4.78 is 6.07. The molecule has 0 aliphatic heterocycles. The van der Waals surface area contributed by atoms with Gasteiger partial charge in [0.25, 0.3) is 5.97 Å². The van der Waals surface area contributed by atoms with Crippen LogP contribution in [-0.4, -0.2) is 29.8 Å². The van der Waals surface area contributed by atoms with E-state index in [2.05, 4.69) is 5.32 Å². The van der Waals surface area contributed by atoms with Gasteiger partial charge in [0.2, 0.25) is 0 Å². The fraction of sp³-hybridized carbons (Fsp3) is 0.300. The second-order valence-corrected chi connectivity index (χ2v) is 3.12. The summed E-state index contributed by atoms with van der Waals surface area (Å²) in [6, 6.07) is 1.59. The number of carboxylic acids is 1. The van der Waals surface area contributed by atoms with Crippen molar-refractivity contribution in [1.82, 2.24) is 4.57 Å². The van der Waals surface area contributed by atoms with E-state index in [9.17, 15) is 9.59 Å². The maximum atomic E-state index is 11.9. The minimum Gasteiger partial charge on any atom is -0.497 e. The Labute approximate surface area is 124 Å². The number of anilines is 1. The molecule has 0 radical (unpaired) electrons. The molecule has 88 valence electrons. The predicted molar refractivity (Wildman–Crippen MR) is 58.9 cm³/mol. The molecule has 0 fully saturated rings. The molecule has 0 spiro atoms. The number of pyridine rings is 1. The SMILES string of the molecule is CNc1c(OC)cc(C)n([CH-]C(=O)O)c1=O.[Y+3]. The molecule has 0 saturated carbocycles. The molecule has 1 aromatic rings. The van der Waals surface area contributed by atoms with E-state index in [0.29, 0.717) is 11.4 Å². The molecule has 17 heavy (non-hydrogen) atoms. The molecule has 0 aliphatic rings. The van der Waals surface area contributed by atoms with E-state index in [1.54, 1.807) is 20.0 Å². The first kappa shape index (κ1) is 16.0. The Bertz CT molecular complexity index is 470. The molecular formula is C10H13N2O4Y+2. The molecule has 0 unspecified atom stereocenters. The van der Waals surface area contributed by atoms with Crippen molar-refractivity contribution in [3.05, 3.63) is 28.7 Å². The third-order valence-corrected chi connectivity index (χ3v) is 2.11. The van der Waals surface area contributed by atoms with Crippen LogP contribution < -0.4 is 15.6 Å². The minimum atomic E-state index is -1.18. The van der Waals surface area contributed by atoms with Crippen LogP contribution in [0.4, 0.5) is 5.69 Å². The average Bonchev–Trinajstić information content (AvgIpc) is 2.23. The molecule has 1 rings (SSSR count). The van der Waals surface area contributed by atoms with Crippen molar-refractivity contribution in [3.63, 3.8) is 0 Å². The minimum absolute atomic E-state index is 0. The van der Waals surface area contributed by atoms with E-state index in [-0.39, 0.29) is 38.4 Å². The van der Waals surface area contributed by atoms with Crippen LogP contribution in [0.1, 0.15) is 5.69 Å². The molecule has 0 bridgehead atoms. The van der Waals surface area contributed by atoms with Gasteiger partial charge in [-0.15, -0.1) is 0 Å². The fourth-order valence-corrected chi connectivity index (χ4v) is 1.38. The van der Waals surface area contributed by atoms with E-state index in [0.717, 1.165) is 11.1 Å². The fourth-order valence-electron chi connectivity index (χ4n) is 1.38. The number of carbonyl (C=O) groups is 1. The third-order valence-electron chi connectivity index (χ3n) is 2.11. The Hall–Kier alpha value is -1.01. The third kappa shape index (κ3) is 3.47. The monoisotopic (exact) mass is 314 g/mol. The number of carboxylic acid groups (broad SMARTS) is 1. The number of hydrogen-bond donors (Lipinski definition) is 2. The van der Waals surface area contributed by atoms with Gasteiger partial charge in [0.1, 0.15) is 5.75 Å². The number of aromatic nitrogens is 1. The van der Waals surface area contributed by atoms with Gasteiger partial charge >= 0.3 is 32.7 Å². The molecule has 0 saturated heterocycles. The van der Waals surface area contributed by atoms with Gasteiger partial charge < -0.3 is 24.5 Å². The largest absolute Gasteiger partial charge is 3.00 e. The molecule has 0 atom stereocenters. The van der Waals surface area contributed by atoms with Gasteiger partial charge in [-0.1, -0.05) is 18.7 Å². The maximum Gasteiger partial charge on any atom is 3.00 e. The van der Waals surface area contributed by atoms with Crippen LogP contribution in [0, 0.1) is 13.5 Å². The Morgan fingerprint density at radius 3 is 2.59 bits per heavy atom. The van der Waals surface area contributed by atoms with Gasteiger partial charge in [-0.2, -0.15) is 0 Å². The number of methoxy groups -OCH3 is 1. The Balaban J connectivity index is 0.00000256. The number of hydrogen-bond acceptors (Lipinski definition) is 4. The Kier molecular flexibility index (Phi) is 6.27. The normalized spacial score (nSPS) is 9.12. The molecule has 0 amide bonds. The molecule has 7 heteroatoms. The molecular weight excluding hydrogens is 301 g/mol. The van der Waals surface area contributed by atoms with Crippen LogP contribution in [0.5, 0.6) is 5.75 Å². The zero-order valence-corrected chi connectivity index (χ0v) is 12.7. The number of ether oxygens (including phenoxy) is 1. The van der Waals surface area contributed by atoms with E-state index >= 15 is 0 Å². The number of aliphatic carboxylic acids is 1. The van der Waals surface area contributed by atoms with Crippen molar-refractivity contribution in [2.75, 3.05) is 19.5 Å². The smallest absolute Gasteiger partial charge is 0.497 e. The Morgan fingerprint density at radius 2 is 2.18 bits per heavy atom. The Morgan fingerprint density at radius 1 is 1.59 bits per heavy atom. The summed E-state index contributed by atoms with van der Waals surface area (Å²) in [7, 11) is 3.01. The standard InChI is InChI=1S/C10H13N2O4.Y/c1-6-4-7(16-3)9(11-2)10(15)12(6)5-8(13)14;/h4-5,11H,1-3H3,(H,13,14);/q-1;+3. The van der Waals surface area contributed by atoms with Gasteiger partial charge in [0.05, 0.1) is 12.8 Å². The predicted octanol–water partition coefficient (Wildman–Crippen LogP) is 0.299. The summed E-state index contributed by atoms with van der Waals surface area (Å²) in [5.41, 5.74) is 0.260. The summed E-state index contributed by atoms with van der Waals surface area (Å²) in [6.45, 7) is 2.45. The maximum absolute atomic E-state index is 11.9. The number of nitrogens with one attached hydrogen (secondary N) is 1. The van der Waals surface area contributed by atoms with Crippen molar-refractivity contribution < 1.29 is 47.3 Å². The van der Waals surface area contributed by atoms with E-state index in [1.807, 2.05) is 0 Å². The van der Waals surface area contributed by atoms with E-state index < -0.39 is 11.5 Å². The molecule has 2 N–H and O–H groups in total. The number of rotatable bonds is 4. The van der Waals surface area contributed by atoms with Crippen LogP contribution in [-0.2, 0) is 37.5 Å². The summed E-state index contributed by atoms with van der Waals surface area (Å²) in [5.74, 6) is -0.794. The zero-order chi connectivity index (χ0) is 12.3. The van der Waals surface area contributed by atoms with Crippen LogP contribution in [0.3, 0.4) is 0 Å². The zero-order valence-electron chi connectivity index (χ0n) is 9.85. The molecule has 1 heterocycles. The van der Waals surface area contributed by atoms with Crippen molar-refractivity contribution in [3.8, 4) is 5.75 Å². The topological polar surface area (TPSA) is 80.6 Å². The molecule has 6 nitrogen and oxygen atoms in total. The van der Waals surface area contributed by atoms with E-state index in [4.69, 9.17) is 9.84 Å². The molecule has 0 aromatic carbocycles. The van der Waals surface area contributed by atoms with Crippen molar-refractivity contribution in [2.45, 2.75) is 6.92 Å². The summed E-state index contributed by atoms with van der Waals surface area (Å²) in [5, 5.41) is 11.3. The number of aryl methyl sites for hydroxylation is 1. The quantitative estimate of drug-likeness (QED) is 0.781. The molecule has 0 aliphatic carbocycles. The van der Waals surface area contributed by atoms with Gasteiger partial charge in [0, 0.05) is 7.05 Å².